The predicted molar refractivity (Wildman–Crippen MR) is 81.1 cm³/mol. The molecule has 1 atom stereocenters. The molecule has 0 spiro atoms. The molecule has 1 saturated heterocycles. The van der Waals surface area contributed by atoms with Crippen LogP contribution in [-0.2, 0) is 9.84 Å². The fraction of sp³-hybridized carbons (Fsp3) is 1.00. The van der Waals surface area contributed by atoms with Crippen LogP contribution in [0.4, 0.5) is 0 Å². The maximum absolute atomic E-state index is 11.1. The van der Waals surface area contributed by atoms with E-state index in [1.54, 1.807) is 0 Å². The van der Waals surface area contributed by atoms with E-state index in [0.717, 1.165) is 25.3 Å². The van der Waals surface area contributed by atoms with Crippen molar-refractivity contribution < 1.29 is 8.42 Å². The van der Waals surface area contributed by atoms with Crippen LogP contribution in [0.25, 0.3) is 0 Å². The van der Waals surface area contributed by atoms with Crippen molar-refractivity contribution in [2.45, 2.75) is 45.1 Å². The summed E-state index contributed by atoms with van der Waals surface area (Å²) in [5, 5.41) is 3.51. The predicted octanol–water partition coefficient (Wildman–Crippen LogP) is 2.32. The van der Waals surface area contributed by atoms with Gasteiger partial charge in [0.15, 0.2) is 0 Å². The number of thioether (sulfide) groups is 1. The molecule has 5 heteroatoms. The van der Waals surface area contributed by atoms with E-state index >= 15 is 0 Å². The minimum absolute atomic E-state index is 0.329. The van der Waals surface area contributed by atoms with Crippen LogP contribution in [0, 0.1) is 5.92 Å². The fourth-order valence-electron chi connectivity index (χ4n) is 2.57. The van der Waals surface area contributed by atoms with Gasteiger partial charge in [-0.2, -0.15) is 11.8 Å². The zero-order valence-corrected chi connectivity index (χ0v) is 13.3. The topological polar surface area (TPSA) is 46.2 Å². The maximum Gasteiger partial charge on any atom is 0.147 e. The second kappa shape index (κ2) is 8.43. The molecule has 1 heterocycles. The van der Waals surface area contributed by atoms with Crippen LogP contribution in [0.15, 0.2) is 0 Å². The molecule has 0 aromatic carbocycles. The Bertz CT molecular complexity index is 311. The molecule has 0 aliphatic carbocycles. The fourth-order valence-corrected chi connectivity index (χ4v) is 4.46. The Balaban J connectivity index is 2.29. The molecule has 1 N–H and O–H groups in total. The maximum atomic E-state index is 11.1. The molecule has 1 unspecified atom stereocenters. The number of hydrogen-bond donors (Lipinski definition) is 1. The Morgan fingerprint density at radius 2 is 2.00 bits per heavy atom. The molecular weight excluding hydrogens is 266 g/mol. The SMILES string of the molecule is CCNC(CCCS(C)(=O)=O)CC1CCSCC1. The van der Waals surface area contributed by atoms with E-state index in [4.69, 9.17) is 0 Å². The summed E-state index contributed by atoms with van der Waals surface area (Å²) in [7, 11) is -2.80. The molecule has 0 radical (unpaired) electrons. The van der Waals surface area contributed by atoms with Gasteiger partial charge in [-0.25, -0.2) is 8.42 Å². The Morgan fingerprint density at radius 1 is 1.33 bits per heavy atom. The highest BCUT2D eigenvalue weighted by Gasteiger charge is 2.18. The summed E-state index contributed by atoms with van der Waals surface area (Å²) in [4.78, 5) is 0. The van der Waals surface area contributed by atoms with Crippen molar-refractivity contribution in [1.29, 1.82) is 0 Å². The van der Waals surface area contributed by atoms with Gasteiger partial charge in [0, 0.05) is 18.1 Å². The molecule has 108 valence electrons. The van der Waals surface area contributed by atoms with Crippen molar-refractivity contribution in [3.05, 3.63) is 0 Å². The molecule has 1 aliphatic rings. The second-order valence-corrected chi connectivity index (χ2v) is 8.80. The third-order valence-electron chi connectivity index (χ3n) is 3.52. The molecule has 18 heavy (non-hydrogen) atoms. The molecular formula is C13H27NO2S2. The standard InChI is InChI=1S/C13H27NO2S2/c1-3-14-13(5-4-10-18(2,15)16)11-12-6-8-17-9-7-12/h12-14H,3-11H2,1-2H3. The molecule has 0 bridgehead atoms. The third kappa shape index (κ3) is 7.64. The number of hydrogen-bond acceptors (Lipinski definition) is 4. The Morgan fingerprint density at radius 3 is 2.56 bits per heavy atom. The molecule has 1 rings (SSSR count). The Hall–Kier alpha value is 0.260. The third-order valence-corrected chi connectivity index (χ3v) is 5.60. The van der Waals surface area contributed by atoms with E-state index in [0.29, 0.717) is 11.8 Å². The lowest BCUT2D eigenvalue weighted by molar-refractivity contribution is 0.353. The average Bonchev–Trinajstić information content (AvgIpc) is 2.29. The van der Waals surface area contributed by atoms with Crippen LogP contribution < -0.4 is 5.32 Å². The summed E-state index contributed by atoms with van der Waals surface area (Å²) in [6.45, 7) is 3.10. The zero-order valence-electron chi connectivity index (χ0n) is 11.7. The van der Waals surface area contributed by atoms with Gasteiger partial charge in [0.2, 0.25) is 0 Å². The molecule has 0 aromatic rings. The van der Waals surface area contributed by atoms with Crippen molar-refractivity contribution in [1.82, 2.24) is 5.32 Å². The first-order chi connectivity index (χ1) is 8.51. The van der Waals surface area contributed by atoms with E-state index in [1.807, 2.05) is 0 Å². The van der Waals surface area contributed by atoms with Gasteiger partial charge in [-0.3, -0.25) is 0 Å². The lowest BCUT2D eigenvalue weighted by Crippen LogP contribution is -2.32. The highest BCUT2D eigenvalue weighted by molar-refractivity contribution is 7.99. The normalized spacial score (nSPS) is 19.9. The van der Waals surface area contributed by atoms with Gasteiger partial charge < -0.3 is 5.32 Å². The molecule has 0 saturated carbocycles. The minimum atomic E-state index is -2.80. The molecule has 0 aromatic heterocycles. The minimum Gasteiger partial charge on any atom is -0.314 e. The van der Waals surface area contributed by atoms with Gasteiger partial charge in [0.1, 0.15) is 9.84 Å². The van der Waals surface area contributed by atoms with E-state index in [2.05, 4.69) is 24.0 Å². The first-order valence-corrected chi connectivity index (χ1v) is 10.2. The van der Waals surface area contributed by atoms with Gasteiger partial charge >= 0.3 is 0 Å². The monoisotopic (exact) mass is 293 g/mol. The summed E-state index contributed by atoms with van der Waals surface area (Å²) in [5.41, 5.74) is 0. The van der Waals surface area contributed by atoms with Crippen molar-refractivity contribution in [3.8, 4) is 0 Å². The zero-order chi connectivity index (χ0) is 13.4. The molecule has 0 amide bonds. The lowest BCUT2D eigenvalue weighted by Gasteiger charge is -2.26. The summed E-state index contributed by atoms with van der Waals surface area (Å²) in [6, 6.07) is 0.504. The first-order valence-electron chi connectivity index (χ1n) is 7.00. The van der Waals surface area contributed by atoms with Gasteiger partial charge in [-0.15, -0.1) is 0 Å². The molecule has 1 aliphatic heterocycles. The lowest BCUT2D eigenvalue weighted by atomic mass is 9.92. The number of rotatable bonds is 8. The van der Waals surface area contributed by atoms with Gasteiger partial charge in [-0.05, 0) is 56.1 Å². The van der Waals surface area contributed by atoms with Crippen molar-refractivity contribution in [2.24, 2.45) is 5.92 Å². The van der Waals surface area contributed by atoms with Crippen molar-refractivity contribution in [2.75, 3.05) is 30.1 Å². The van der Waals surface area contributed by atoms with Crippen LogP contribution in [0.2, 0.25) is 0 Å². The van der Waals surface area contributed by atoms with Crippen LogP contribution in [-0.4, -0.2) is 44.5 Å². The summed E-state index contributed by atoms with van der Waals surface area (Å²) in [5.74, 6) is 3.77. The van der Waals surface area contributed by atoms with E-state index < -0.39 is 9.84 Å². The van der Waals surface area contributed by atoms with Crippen LogP contribution in [0.3, 0.4) is 0 Å². The molecule has 3 nitrogen and oxygen atoms in total. The number of sulfone groups is 1. The van der Waals surface area contributed by atoms with Crippen molar-refractivity contribution >= 4 is 21.6 Å². The summed E-state index contributed by atoms with van der Waals surface area (Å²) >= 11 is 2.06. The highest BCUT2D eigenvalue weighted by Crippen LogP contribution is 2.27. The summed E-state index contributed by atoms with van der Waals surface area (Å²) < 4.78 is 22.3. The Labute approximate surface area is 116 Å². The van der Waals surface area contributed by atoms with E-state index in [-0.39, 0.29) is 0 Å². The van der Waals surface area contributed by atoms with Crippen LogP contribution >= 0.6 is 11.8 Å². The van der Waals surface area contributed by atoms with Crippen LogP contribution in [0.1, 0.15) is 39.0 Å². The second-order valence-electron chi connectivity index (χ2n) is 5.32. The number of nitrogens with one attached hydrogen (secondary N) is 1. The van der Waals surface area contributed by atoms with Gasteiger partial charge in [0.25, 0.3) is 0 Å². The van der Waals surface area contributed by atoms with Gasteiger partial charge in [0.05, 0.1) is 0 Å². The van der Waals surface area contributed by atoms with Crippen molar-refractivity contribution in [3.63, 3.8) is 0 Å². The van der Waals surface area contributed by atoms with Gasteiger partial charge in [-0.1, -0.05) is 6.92 Å². The van der Waals surface area contributed by atoms with Crippen LogP contribution in [0.5, 0.6) is 0 Å². The molecule has 1 fully saturated rings. The Kier molecular flexibility index (Phi) is 7.64. The quantitative estimate of drug-likeness (QED) is 0.746. The highest BCUT2D eigenvalue weighted by atomic mass is 32.2. The average molecular weight is 293 g/mol. The van der Waals surface area contributed by atoms with E-state index in [1.165, 1.54) is 37.0 Å². The largest absolute Gasteiger partial charge is 0.314 e. The first kappa shape index (κ1) is 16.3. The summed E-state index contributed by atoms with van der Waals surface area (Å²) in [6.07, 6.45) is 6.99. The van der Waals surface area contributed by atoms with E-state index in [9.17, 15) is 8.42 Å². The smallest absolute Gasteiger partial charge is 0.147 e.